The molecule has 160 valence electrons. The number of H-pyrrole nitrogens is 1. The number of hydrogen-bond acceptors (Lipinski definition) is 3. The molecule has 1 aromatic heterocycles. The monoisotopic (exact) mass is 412 g/mol. The van der Waals surface area contributed by atoms with Crippen molar-refractivity contribution in [3.8, 4) is 0 Å². The van der Waals surface area contributed by atoms with Crippen LogP contribution in [0.15, 0.2) is 18.2 Å². The first kappa shape index (κ1) is 19.5. The number of aromatic amines is 1. The van der Waals surface area contributed by atoms with Crippen molar-refractivity contribution in [3.05, 3.63) is 35.3 Å². The van der Waals surface area contributed by atoms with Crippen molar-refractivity contribution in [2.75, 3.05) is 20.1 Å². The molecule has 2 aliphatic heterocycles. The highest BCUT2D eigenvalue weighted by Crippen LogP contribution is 2.35. The Morgan fingerprint density at radius 1 is 1.27 bits per heavy atom. The molecule has 3 fully saturated rings. The Balaban J connectivity index is 1.24. The molecule has 0 spiro atoms. The number of aryl methyl sites for hydroxylation is 1. The zero-order valence-electron chi connectivity index (χ0n) is 17.6. The van der Waals surface area contributed by atoms with E-state index in [-0.39, 0.29) is 23.7 Å². The zero-order chi connectivity index (χ0) is 21.0. The smallest absolute Gasteiger partial charge is 0.267 e. The lowest BCUT2D eigenvalue weighted by molar-refractivity contribution is -0.128. The first-order valence-electron chi connectivity index (χ1n) is 11.0. The molecule has 3 aliphatic rings. The molecule has 6 nitrogen and oxygen atoms in total. The molecule has 2 amide bonds. The topological polar surface area (TPSA) is 68.4 Å². The highest BCUT2D eigenvalue weighted by atomic mass is 19.1. The molecule has 1 unspecified atom stereocenters. The third kappa shape index (κ3) is 3.29. The van der Waals surface area contributed by atoms with Crippen molar-refractivity contribution in [3.63, 3.8) is 0 Å². The van der Waals surface area contributed by atoms with Gasteiger partial charge in [-0.2, -0.15) is 0 Å². The second kappa shape index (κ2) is 7.38. The average molecular weight is 413 g/mol. The molecular formula is C23H29FN4O2. The van der Waals surface area contributed by atoms with Crippen LogP contribution >= 0.6 is 0 Å². The van der Waals surface area contributed by atoms with Gasteiger partial charge in [0.05, 0.1) is 5.52 Å². The van der Waals surface area contributed by atoms with Gasteiger partial charge in [0.1, 0.15) is 11.5 Å². The quantitative estimate of drug-likeness (QED) is 0.815. The van der Waals surface area contributed by atoms with E-state index in [4.69, 9.17) is 0 Å². The Hall–Kier alpha value is -2.41. The maximum Gasteiger partial charge on any atom is 0.267 e. The Labute approximate surface area is 175 Å². The number of rotatable bonds is 3. The standard InChI is InChI=1S/C23H29FN4O2/c1-13-6-7-18(24)17-10-19(26-22(13)17)23(30)25-15-4-3-5-16(9-15)28-11-14-8-21(29)27(2)20(14)12-28/h6-7,10,14-16,20,26H,3-5,8-9,11-12H2,1-2H3,(H,25,30)/t14-,15-,16?,20+/m1/s1. The summed E-state index contributed by atoms with van der Waals surface area (Å²) >= 11 is 0. The number of aromatic nitrogens is 1. The van der Waals surface area contributed by atoms with Crippen LogP contribution in [0, 0.1) is 18.7 Å². The molecule has 30 heavy (non-hydrogen) atoms. The number of likely N-dealkylation sites (tertiary alicyclic amines) is 2. The number of nitrogens with zero attached hydrogens (tertiary/aromatic N) is 2. The number of halogens is 1. The highest BCUT2D eigenvalue weighted by molar-refractivity contribution is 5.99. The van der Waals surface area contributed by atoms with E-state index in [1.54, 1.807) is 12.1 Å². The van der Waals surface area contributed by atoms with Crippen molar-refractivity contribution >= 4 is 22.7 Å². The van der Waals surface area contributed by atoms with Crippen molar-refractivity contribution in [2.24, 2.45) is 5.92 Å². The summed E-state index contributed by atoms with van der Waals surface area (Å²) in [4.78, 5) is 32.3. The molecule has 1 saturated carbocycles. The van der Waals surface area contributed by atoms with Gasteiger partial charge in [-0.05, 0) is 50.3 Å². The van der Waals surface area contributed by atoms with E-state index in [1.165, 1.54) is 6.07 Å². The minimum Gasteiger partial charge on any atom is -0.350 e. The Morgan fingerprint density at radius 2 is 2.10 bits per heavy atom. The number of hydrogen-bond donors (Lipinski definition) is 2. The minimum atomic E-state index is -0.313. The summed E-state index contributed by atoms with van der Waals surface area (Å²) in [5.74, 6) is 0.233. The van der Waals surface area contributed by atoms with Gasteiger partial charge < -0.3 is 15.2 Å². The highest BCUT2D eigenvalue weighted by Gasteiger charge is 2.45. The van der Waals surface area contributed by atoms with E-state index in [1.807, 2.05) is 18.9 Å². The number of carbonyl (C=O) groups excluding carboxylic acids is 2. The van der Waals surface area contributed by atoms with E-state index in [2.05, 4.69) is 15.2 Å². The summed E-state index contributed by atoms with van der Waals surface area (Å²) in [6, 6.07) is 5.68. The van der Waals surface area contributed by atoms with Crippen LogP contribution < -0.4 is 5.32 Å². The third-order valence-electron chi connectivity index (χ3n) is 7.45. The van der Waals surface area contributed by atoms with Gasteiger partial charge in [-0.25, -0.2) is 4.39 Å². The van der Waals surface area contributed by atoms with Crippen molar-refractivity contribution in [2.45, 2.75) is 57.2 Å². The van der Waals surface area contributed by atoms with Crippen LogP contribution in [0.5, 0.6) is 0 Å². The van der Waals surface area contributed by atoms with Gasteiger partial charge in [0, 0.05) is 56.0 Å². The second-order valence-corrected chi connectivity index (χ2v) is 9.32. The SMILES string of the molecule is Cc1ccc(F)c2cc(C(=O)N[C@@H]3CCCC(N4C[C@H]5CC(=O)N(C)[C@H]5C4)C3)[nH]c12. The van der Waals surface area contributed by atoms with Crippen molar-refractivity contribution in [1.29, 1.82) is 0 Å². The number of fused-ring (bicyclic) bond motifs is 2. The lowest BCUT2D eigenvalue weighted by Gasteiger charge is -2.36. The zero-order valence-corrected chi connectivity index (χ0v) is 17.6. The van der Waals surface area contributed by atoms with Crippen LogP contribution in [0.25, 0.3) is 10.9 Å². The Bertz CT molecular complexity index is 963. The molecule has 2 N–H and O–H groups in total. The number of carbonyl (C=O) groups is 2. The van der Waals surface area contributed by atoms with Gasteiger partial charge in [-0.1, -0.05) is 6.07 Å². The van der Waals surface area contributed by atoms with Crippen LogP contribution in [-0.4, -0.2) is 64.9 Å². The molecule has 0 radical (unpaired) electrons. The molecule has 5 rings (SSSR count). The van der Waals surface area contributed by atoms with E-state index in [0.29, 0.717) is 41.0 Å². The third-order valence-corrected chi connectivity index (χ3v) is 7.45. The summed E-state index contributed by atoms with van der Waals surface area (Å²) in [5.41, 5.74) is 2.02. The van der Waals surface area contributed by atoms with Crippen molar-refractivity contribution < 1.29 is 14.0 Å². The maximum atomic E-state index is 14.1. The van der Waals surface area contributed by atoms with Crippen molar-refractivity contribution in [1.82, 2.24) is 20.1 Å². The lowest BCUT2D eigenvalue weighted by atomic mass is 9.90. The average Bonchev–Trinajstić information content (AvgIpc) is 3.41. The first-order chi connectivity index (χ1) is 14.4. The molecule has 1 aliphatic carbocycles. The molecule has 2 saturated heterocycles. The van der Waals surface area contributed by atoms with Gasteiger partial charge in [0.25, 0.3) is 5.91 Å². The fraction of sp³-hybridized carbons (Fsp3) is 0.565. The number of benzene rings is 1. The van der Waals surface area contributed by atoms with E-state index in [0.717, 1.165) is 44.3 Å². The number of nitrogens with one attached hydrogen (secondary N) is 2. The molecule has 1 aromatic carbocycles. The van der Waals surface area contributed by atoms with Crippen LogP contribution in [0.3, 0.4) is 0 Å². The van der Waals surface area contributed by atoms with E-state index < -0.39 is 0 Å². The summed E-state index contributed by atoms with van der Waals surface area (Å²) in [5, 5.41) is 3.63. The van der Waals surface area contributed by atoms with Crippen LogP contribution in [0.4, 0.5) is 4.39 Å². The molecule has 4 atom stereocenters. The van der Waals surface area contributed by atoms with Gasteiger partial charge >= 0.3 is 0 Å². The molecular weight excluding hydrogens is 383 g/mol. The maximum absolute atomic E-state index is 14.1. The van der Waals surface area contributed by atoms with Gasteiger partial charge in [-0.15, -0.1) is 0 Å². The fourth-order valence-electron chi connectivity index (χ4n) is 5.71. The number of likely N-dealkylation sites (N-methyl/N-ethyl adjacent to an activating group) is 1. The summed E-state index contributed by atoms with van der Waals surface area (Å²) in [6.07, 6.45) is 4.78. The Kier molecular flexibility index (Phi) is 4.81. The summed E-state index contributed by atoms with van der Waals surface area (Å²) in [6.45, 7) is 3.83. The first-order valence-corrected chi connectivity index (χ1v) is 11.0. The predicted molar refractivity (Wildman–Crippen MR) is 113 cm³/mol. The van der Waals surface area contributed by atoms with Gasteiger partial charge in [0.15, 0.2) is 0 Å². The largest absolute Gasteiger partial charge is 0.350 e. The van der Waals surface area contributed by atoms with E-state index >= 15 is 0 Å². The van der Waals surface area contributed by atoms with Gasteiger partial charge in [0.2, 0.25) is 5.91 Å². The Morgan fingerprint density at radius 3 is 2.87 bits per heavy atom. The molecule has 3 heterocycles. The summed E-state index contributed by atoms with van der Waals surface area (Å²) in [7, 11) is 1.92. The van der Waals surface area contributed by atoms with Crippen LogP contribution in [0.2, 0.25) is 0 Å². The van der Waals surface area contributed by atoms with Crippen LogP contribution in [0.1, 0.15) is 48.2 Å². The lowest BCUT2D eigenvalue weighted by Crippen LogP contribution is -2.46. The molecule has 0 bridgehead atoms. The predicted octanol–water partition coefficient (Wildman–Crippen LogP) is 2.82. The fourth-order valence-corrected chi connectivity index (χ4v) is 5.71. The van der Waals surface area contributed by atoms with E-state index in [9.17, 15) is 14.0 Å². The molecule has 7 heteroatoms. The van der Waals surface area contributed by atoms with Gasteiger partial charge in [-0.3, -0.25) is 14.5 Å². The summed E-state index contributed by atoms with van der Waals surface area (Å²) < 4.78 is 14.1. The number of amides is 2. The second-order valence-electron chi connectivity index (χ2n) is 9.32. The molecule has 2 aromatic rings. The van der Waals surface area contributed by atoms with Crippen LogP contribution in [-0.2, 0) is 4.79 Å². The minimum absolute atomic E-state index is 0.119. The normalized spacial score (nSPS) is 29.6.